The van der Waals surface area contributed by atoms with Gasteiger partial charge < -0.3 is 27.2 Å². The minimum Gasteiger partial charge on any atom is -0.463 e. The van der Waals surface area contributed by atoms with Gasteiger partial charge in [-0.05, 0) is 101 Å². The summed E-state index contributed by atoms with van der Waals surface area (Å²) in [5.41, 5.74) is 1.20. The lowest BCUT2D eigenvalue weighted by atomic mass is 10.1. The van der Waals surface area contributed by atoms with E-state index in [4.69, 9.17) is 27.2 Å². The van der Waals surface area contributed by atoms with Crippen molar-refractivity contribution in [1.82, 2.24) is 0 Å². The standard InChI is InChI=1S/C28H40O10Si4/c1-39(2)17-33-25(29)21-9-11-23(12-10-21)27(31)35-19-41(5,6)38-42(7,8)20-36-28(32)24-15-13-22(14-16-24)26(30)34-18-40(3,4)37-39/h9-16H,17-20H2,1-8H3. The summed E-state index contributed by atoms with van der Waals surface area (Å²) in [5.74, 6) is -2.09. The van der Waals surface area contributed by atoms with Gasteiger partial charge in [0.1, 0.15) is 24.9 Å². The van der Waals surface area contributed by atoms with E-state index in [0.717, 1.165) is 0 Å². The van der Waals surface area contributed by atoms with Crippen molar-refractivity contribution in [2.75, 3.05) is 24.9 Å². The Morgan fingerprint density at radius 2 is 0.548 bits per heavy atom. The van der Waals surface area contributed by atoms with E-state index in [2.05, 4.69) is 0 Å². The zero-order valence-corrected chi connectivity index (χ0v) is 29.5. The molecule has 0 unspecified atom stereocenters. The minimum absolute atomic E-state index is 0.108. The third kappa shape index (κ3) is 10.1. The van der Waals surface area contributed by atoms with Crippen LogP contribution in [-0.2, 0) is 27.2 Å². The first-order valence-electron chi connectivity index (χ1n) is 13.7. The molecule has 228 valence electrons. The Kier molecular flexibility index (Phi) is 10.5. The Hall–Kier alpha value is -2.89. The Morgan fingerprint density at radius 3 is 0.714 bits per heavy atom. The lowest BCUT2D eigenvalue weighted by molar-refractivity contribution is 0.0529. The van der Waals surface area contributed by atoms with Crippen LogP contribution in [0.15, 0.2) is 48.5 Å². The first-order chi connectivity index (χ1) is 19.4. The third-order valence-corrected chi connectivity index (χ3v) is 18.2. The molecule has 0 aliphatic carbocycles. The van der Waals surface area contributed by atoms with E-state index < -0.39 is 57.1 Å². The summed E-state index contributed by atoms with van der Waals surface area (Å²) >= 11 is 0. The molecule has 6 rings (SSSR count). The average Bonchev–Trinajstić information content (AvgIpc) is 2.91. The molecule has 0 N–H and O–H groups in total. The van der Waals surface area contributed by atoms with E-state index in [-0.39, 0.29) is 24.9 Å². The van der Waals surface area contributed by atoms with Crippen LogP contribution in [0.3, 0.4) is 0 Å². The van der Waals surface area contributed by atoms with Gasteiger partial charge in [0.2, 0.25) is 33.3 Å². The summed E-state index contributed by atoms with van der Waals surface area (Å²) in [6.07, 6.45) is 0.432. The largest absolute Gasteiger partial charge is 0.463 e. The van der Waals surface area contributed by atoms with E-state index in [1.165, 1.54) is 48.5 Å². The van der Waals surface area contributed by atoms with Crippen LogP contribution in [0.4, 0.5) is 0 Å². The molecule has 42 heavy (non-hydrogen) atoms. The van der Waals surface area contributed by atoms with Crippen molar-refractivity contribution in [2.45, 2.75) is 52.4 Å². The summed E-state index contributed by atoms with van der Waals surface area (Å²) in [5, 5.41) is 0. The molecule has 14 heteroatoms. The SMILES string of the molecule is C[Si]1(C)COC(=O)c2ccc(cc2)C(=O)OC[Si](C)(C)O[Si](C)(C)COC(=O)c2ccc(cc2)C(=O)OC[Si](C)(C)O1. The summed E-state index contributed by atoms with van der Waals surface area (Å²) in [6, 6.07) is 12.2. The molecule has 0 fully saturated rings. The Balaban J connectivity index is 1.81. The molecule has 0 radical (unpaired) electrons. The van der Waals surface area contributed by atoms with Gasteiger partial charge in [0, 0.05) is 0 Å². The molecule has 4 bridgehead atoms. The van der Waals surface area contributed by atoms with Gasteiger partial charge in [0.25, 0.3) is 0 Å². The van der Waals surface area contributed by atoms with E-state index in [0.29, 0.717) is 22.3 Å². The fourth-order valence-electron chi connectivity index (χ4n) is 4.39. The molecule has 2 aromatic rings. The zero-order chi connectivity index (χ0) is 31.3. The number of benzene rings is 2. The summed E-state index contributed by atoms with van der Waals surface area (Å²) in [6.45, 7) is 15.5. The van der Waals surface area contributed by atoms with Crippen LogP contribution in [0.2, 0.25) is 52.4 Å². The maximum absolute atomic E-state index is 12.7. The van der Waals surface area contributed by atoms with Gasteiger partial charge in [0.05, 0.1) is 22.3 Å². The second kappa shape index (κ2) is 13.2. The molecule has 0 saturated carbocycles. The van der Waals surface area contributed by atoms with E-state index in [9.17, 15) is 19.2 Å². The third-order valence-electron chi connectivity index (χ3n) is 6.02. The number of ether oxygens (including phenoxy) is 4. The molecule has 0 amide bonds. The lowest BCUT2D eigenvalue weighted by Gasteiger charge is -2.33. The van der Waals surface area contributed by atoms with Crippen LogP contribution >= 0.6 is 0 Å². The summed E-state index contributed by atoms with van der Waals surface area (Å²) < 4.78 is 35.0. The molecular formula is C28H40O10Si4. The molecule has 4 heterocycles. The average molecular weight is 649 g/mol. The first-order valence-corrected chi connectivity index (χ1v) is 26.1. The fraction of sp³-hybridized carbons (Fsp3) is 0.429. The highest BCUT2D eigenvalue weighted by Gasteiger charge is 2.37. The van der Waals surface area contributed by atoms with Crippen molar-refractivity contribution in [2.24, 2.45) is 0 Å². The zero-order valence-electron chi connectivity index (χ0n) is 25.5. The van der Waals surface area contributed by atoms with Crippen LogP contribution < -0.4 is 0 Å². The van der Waals surface area contributed by atoms with E-state index in [1.54, 1.807) is 0 Å². The fourth-order valence-corrected chi connectivity index (χ4v) is 19.2. The topological polar surface area (TPSA) is 124 Å². The lowest BCUT2D eigenvalue weighted by Crippen LogP contribution is -2.51. The Labute approximate surface area is 251 Å². The maximum atomic E-state index is 12.7. The molecular weight excluding hydrogens is 609 g/mol. The second-order valence-corrected chi connectivity index (χ2v) is 29.6. The van der Waals surface area contributed by atoms with Gasteiger partial charge in [-0.2, -0.15) is 0 Å². The molecule has 2 aromatic carbocycles. The summed E-state index contributed by atoms with van der Waals surface area (Å²) in [4.78, 5) is 50.8. The number of esters is 4. The van der Waals surface area contributed by atoms with Crippen LogP contribution in [0.25, 0.3) is 0 Å². The van der Waals surface area contributed by atoms with Gasteiger partial charge in [-0.15, -0.1) is 0 Å². The molecule has 4 aliphatic heterocycles. The van der Waals surface area contributed by atoms with Crippen molar-refractivity contribution in [3.05, 3.63) is 70.8 Å². The quantitative estimate of drug-likeness (QED) is 0.218. The van der Waals surface area contributed by atoms with Crippen molar-refractivity contribution >= 4 is 57.1 Å². The van der Waals surface area contributed by atoms with Crippen molar-refractivity contribution in [1.29, 1.82) is 0 Å². The molecule has 0 spiro atoms. The molecule has 0 atom stereocenters. The first kappa shape index (κ1) is 33.6. The maximum Gasteiger partial charge on any atom is 0.337 e. The number of carbonyl (C=O) groups excluding carboxylic acids is 4. The predicted octanol–water partition coefficient (Wildman–Crippen LogP) is 5.04. The molecule has 10 nitrogen and oxygen atoms in total. The molecule has 0 aromatic heterocycles. The second-order valence-electron chi connectivity index (χ2n) is 12.7. The predicted molar refractivity (Wildman–Crippen MR) is 166 cm³/mol. The van der Waals surface area contributed by atoms with Crippen LogP contribution in [-0.4, -0.2) is 82.1 Å². The van der Waals surface area contributed by atoms with Crippen LogP contribution in [0.5, 0.6) is 0 Å². The normalized spacial score (nSPS) is 21.5. The van der Waals surface area contributed by atoms with Crippen molar-refractivity contribution < 1.29 is 46.4 Å². The minimum atomic E-state index is -2.48. The van der Waals surface area contributed by atoms with Crippen molar-refractivity contribution in [3.8, 4) is 0 Å². The van der Waals surface area contributed by atoms with Gasteiger partial charge in [-0.3, -0.25) is 0 Å². The number of rotatable bonds is 0. The molecule has 0 saturated heterocycles. The van der Waals surface area contributed by atoms with E-state index in [1.807, 2.05) is 52.4 Å². The van der Waals surface area contributed by atoms with Gasteiger partial charge >= 0.3 is 23.9 Å². The number of hydrogen-bond acceptors (Lipinski definition) is 10. The number of carbonyl (C=O) groups is 4. The number of hydrogen-bond donors (Lipinski definition) is 0. The monoisotopic (exact) mass is 648 g/mol. The Bertz CT molecular complexity index is 1110. The van der Waals surface area contributed by atoms with Gasteiger partial charge in [-0.1, -0.05) is 0 Å². The highest BCUT2D eigenvalue weighted by Crippen LogP contribution is 2.20. The van der Waals surface area contributed by atoms with Crippen LogP contribution in [0.1, 0.15) is 41.4 Å². The van der Waals surface area contributed by atoms with Gasteiger partial charge in [0.15, 0.2) is 0 Å². The van der Waals surface area contributed by atoms with E-state index >= 15 is 0 Å². The summed E-state index contributed by atoms with van der Waals surface area (Å²) in [7, 11) is -9.92. The molecule has 4 aliphatic rings. The van der Waals surface area contributed by atoms with Gasteiger partial charge in [-0.25, -0.2) is 19.2 Å². The van der Waals surface area contributed by atoms with Crippen LogP contribution in [0, 0.1) is 0 Å². The highest BCUT2D eigenvalue weighted by molar-refractivity contribution is 6.85. The highest BCUT2D eigenvalue weighted by atomic mass is 28.4. The van der Waals surface area contributed by atoms with Crippen molar-refractivity contribution in [3.63, 3.8) is 0 Å². The Morgan fingerprint density at radius 1 is 0.381 bits per heavy atom. The smallest absolute Gasteiger partial charge is 0.337 e.